The van der Waals surface area contributed by atoms with Gasteiger partial charge in [-0.3, -0.25) is 4.79 Å². The number of halogens is 3. The number of carbonyl (C=O) groups excluding carboxylic acids is 1. The highest BCUT2D eigenvalue weighted by molar-refractivity contribution is 5.95. The van der Waals surface area contributed by atoms with Crippen LogP contribution in [0.1, 0.15) is 29.5 Å². The molecular weight excluding hydrogens is 405 g/mol. The van der Waals surface area contributed by atoms with Crippen molar-refractivity contribution in [3.05, 3.63) is 83.4 Å². The predicted octanol–water partition coefficient (Wildman–Crippen LogP) is 5.94. The second-order valence-corrected chi connectivity index (χ2v) is 7.99. The Hall–Kier alpha value is -3.28. The lowest BCUT2D eigenvalue weighted by Gasteiger charge is -2.17. The summed E-state index contributed by atoms with van der Waals surface area (Å²) < 4.78 is 52.1. The van der Waals surface area contributed by atoms with Crippen LogP contribution in [0.2, 0.25) is 0 Å². The highest BCUT2D eigenvalue weighted by Gasteiger charge is 2.51. The van der Waals surface area contributed by atoms with Crippen LogP contribution in [0.3, 0.4) is 0 Å². The maximum absolute atomic E-state index is 13.8. The van der Waals surface area contributed by atoms with Gasteiger partial charge in [-0.2, -0.15) is 13.2 Å². The molecule has 0 atom stereocenters. The molecule has 3 aromatic carbocycles. The summed E-state index contributed by atoms with van der Waals surface area (Å²) in [5.41, 5.74) is 0.421. The molecule has 0 spiro atoms. The van der Waals surface area contributed by atoms with Crippen molar-refractivity contribution >= 4 is 5.78 Å². The number of carbonyl (C=O) groups is 1. The largest absolute Gasteiger partial charge is 0.454 e. The molecule has 0 radical (unpaired) electrons. The van der Waals surface area contributed by atoms with E-state index in [0.29, 0.717) is 35.5 Å². The van der Waals surface area contributed by atoms with Gasteiger partial charge in [0.25, 0.3) is 0 Å². The summed E-state index contributed by atoms with van der Waals surface area (Å²) in [5, 5.41) is 0. The van der Waals surface area contributed by atoms with Crippen molar-refractivity contribution in [2.24, 2.45) is 0 Å². The first kappa shape index (κ1) is 19.7. The highest BCUT2D eigenvalue weighted by Crippen LogP contribution is 2.51. The molecule has 5 rings (SSSR count). The van der Waals surface area contributed by atoms with E-state index in [0.717, 1.165) is 11.6 Å². The van der Waals surface area contributed by atoms with Gasteiger partial charge in [-0.25, -0.2) is 0 Å². The molecule has 31 heavy (non-hydrogen) atoms. The third kappa shape index (κ3) is 3.56. The lowest BCUT2D eigenvalue weighted by Crippen LogP contribution is -2.22. The molecule has 0 amide bonds. The Morgan fingerprint density at radius 1 is 0.903 bits per heavy atom. The lowest BCUT2D eigenvalue weighted by atomic mass is 9.87. The number of ether oxygens (including phenoxy) is 2. The van der Waals surface area contributed by atoms with Gasteiger partial charge in [0.15, 0.2) is 11.5 Å². The summed E-state index contributed by atoms with van der Waals surface area (Å²) in [6.07, 6.45) is -3.20. The zero-order valence-corrected chi connectivity index (χ0v) is 16.5. The van der Waals surface area contributed by atoms with E-state index >= 15 is 0 Å². The fraction of sp³-hybridized carbons (Fsp3) is 0.240. The molecule has 3 nitrogen and oxygen atoms in total. The zero-order valence-electron chi connectivity index (χ0n) is 16.5. The molecule has 0 aromatic heterocycles. The van der Waals surface area contributed by atoms with Crippen molar-refractivity contribution < 1.29 is 27.4 Å². The molecule has 1 saturated carbocycles. The molecule has 0 unspecified atom stereocenters. The predicted molar refractivity (Wildman–Crippen MR) is 109 cm³/mol. The molecule has 1 aliphatic carbocycles. The van der Waals surface area contributed by atoms with Gasteiger partial charge < -0.3 is 9.47 Å². The Morgan fingerprint density at radius 2 is 1.65 bits per heavy atom. The van der Waals surface area contributed by atoms with Crippen LogP contribution in [-0.2, 0) is 22.8 Å². The topological polar surface area (TPSA) is 35.5 Å². The number of rotatable bonds is 5. The van der Waals surface area contributed by atoms with Crippen LogP contribution in [0.25, 0.3) is 11.1 Å². The van der Waals surface area contributed by atoms with Crippen molar-refractivity contribution in [1.82, 2.24) is 0 Å². The van der Waals surface area contributed by atoms with Gasteiger partial charge in [0.1, 0.15) is 5.78 Å². The van der Waals surface area contributed by atoms with Crippen molar-refractivity contribution in [2.45, 2.75) is 30.9 Å². The Balaban J connectivity index is 1.44. The van der Waals surface area contributed by atoms with Crippen molar-refractivity contribution in [1.29, 1.82) is 0 Å². The van der Waals surface area contributed by atoms with Crippen LogP contribution >= 0.6 is 0 Å². The van der Waals surface area contributed by atoms with Crippen molar-refractivity contribution in [3.8, 4) is 22.6 Å². The number of ketones is 1. The maximum atomic E-state index is 13.8. The van der Waals surface area contributed by atoms with Gasteiger partial charge in [-0.15, -0.1) is 0 Å². The molecule has 1 heterocycles. The molecule has 3 aromatic rings. The number of hydrogen-bond acceptors (Lipinski definition) is 3. The Labute approximate surface area is 177 Å². The van der Waals surface area contributed by atoms with E-state index in [9.17, 15) is 18.0 Å². The lowest BCUT2D eigenvalue weighted by molar-refractivity contribution is -0.137. The number of benzene rings is 3. The van der Waals surface area contributed by atoms with Crippen LogP contribution in [0, 0.1) is 0 Å². The summed E-state index contributed by atoms with van der Waals surface area (Å²) in [7, 11) is 0. The first-order chi connectivity index (χ1) is 14.9. The van der Waals surface area contributed by atoms with E-state index in [4.69, 9.17) is 9.47 Å². The SMILES string of the molecule is O=C(Cc1ccc(-c2ccccc2)c(C(F)(F)F)c1)C1(c2ccc3c(c2)OCO3)CC1. The normalized spacial score (nSPS) is 16.2. The van der Waals surface area contributed by atoms with E-state index in [1.807, 2.05) is 12.1 Å². The molecule has 1 fully saturated rings. The van der Waals surface area contributed by atoms with Crippen LogP contribution in [0.15, 0.2) is 66.7 Å². The molecule has 0 bridgehead atoms. The Kier molecular flexibility index (Phi) is 4.54. The van der Waals surface area contributed by atoms with E-state index in [-0.39, 0.29) is 24.6 Å². The van der Waals surface area contributed by atoms with Crippen LogP contribution < -0.4 is 9.47 Å². The summed E-state index contributed by atoms with van der Waals surface area (Å²) in [6.45, 7) is 0.147. The monoisotopic (exact) mass is 424 g/mol. The molecular formula is C25H19F3O3. The maximum Gasteiger partial charge on any atom is 0.417 e. The van der Waals surface area contributed by atoms with Gasteiger partial charge >= 0.3 is 6.18 Å². The highest BCUT2D eigenvalue weighted by atomic mass is 19.4. The minimum Gasteiger partial charge on any atom is -0.454 e. The minimum absolute atomic E-state index is 0.0490. The quantitative estimate of drug-likeness (QED) is 0.508. The number of hydrogen-bond donors (Lipinski definition) is 0. The van der Waals surface area contributed by atoms with Crippen molar-refractivity contribution in [3.63, 3.8) is 0 Å². The Bertz CT molecular complexity index is 1150. The summed E-state index contributed by atoms with van der Waals surface area (Å²) in [5.74, 6) is 1.16. The summed E-state index contributed by atoms with van der Waals surface area (Å²) in [6, 6.07) is 18.1. The summed E-state index contributed by atoms with van der Waals surface area (Å²) in [4.78, 5) is 13.2. The van der Waals surface area contributed by atoms with Gasteiger partial charge in [0.05, 0.1) is 11.0 Å². The zero-order chi connectivity index (χ0) is 21.6. The van der Waals surface area contributed by atoms with Gasteiger partial charge in [0.2, 0.25) is 6.79 Å². The first-order valence-electron chi connectivity index (χ1n) is 10.1. The molecule has 6 heteroatoms. The van der Waals surface area contributed by atoms with Gasteiger partial charge in [-0.1, -0.05) is 48.5 Å². The number of alkyl halides is 3. The molecule has 0 saturated heterocycles. The first-order valence-corrected chi connectivity index (χ1v) is 10.1. The van der Waals surface area contributed by atoms with Crippen molar-refractivity contribution in [2.75, 3.05) is 6.79 Å². The van der Waals surface area contributed by atoms with Crippen LogP contribution in [0.4, 0.5) is 13.2 Å². The van der Waals surface area contributed by atoms with E-state index < -0.39 is 17.2 Å². The average Bonchev–Trinajstić information content (AvgIpc) is 3.45. The third-order valence-corrected chi connectivity index (χ3v) is 6.05. The van der Waals surface area contributed by atoms with Crippen LogP contribution in [-0.4, -0.2) is 12.6 Å². The van der Waals surface area contributed by atoms with Gasteiger partial charge in [0, 0.05) is 6.42 Å². The number of Topliss-reactive ketones (excluding diaryl/α,β-unsaturated/α-hetero) is 1. The molecule has 1 aliphatic heterocycles. The molecule has 0 N–H and O–H groups in total. The smallest absolute Gasteiger partial charge is 0.417 e. The van der Waals surface area contributed by atoms with E-state index in [1.54, 1.807) is 42.5 Å². The second kappa shape index (κ2) is 7.15. The summed E-state index contributed by atoms with van der Waals surface area (Å²) >= 11 is 0. The van der Waals surface area contributed by atoms with Gasteiger partial charge in [-0.05, 0) is 53.3 Å². The average molecular weight is 424 g/mol. The second-order valence-electron chi connectivity index (χ2n) is 7.99. The Morgan fingerprint density at radius 3 is 2.35 bits per heavy atom. The minimum atomic E-state index is -4.52. The fourth-order valence-electron chi connectivity index (χ4n) is 4.21. The van der Waals surface area contributed by atoms with E-state index in [1.165, 1.54) is 6.07 Å². The third-order valence-electron chi connectivity index (χ3n) is 6.05. The standard InChI is InChI=1S/C25H19F3O3/c26-25(27,28)20-12-16(6-8-19(20)17-4-2-1-3-5-17)13-23(29)24(10-11-24)18-7-9-21-22(14-18)31-15-30-21/h1-9,12,14H,10-11,13,15H2. The van der Waals surface area contributed by atoms with Crippen LogP contribution in [0.5, 0.6) is 11.5 Å². The fourth-order valence-corrected chi connectivity index (χ4v) is 4.21. The molecule has 158 valence electrons. The number of fused-ring (bicyclic) bond motifs is 1. The van der Waals surface area contributed by atoms with E-state index in [2.05, 4.69) is 0 Å². The molecule has 2 aliphatic rings.